The third-order valence-corrected chi connectivity index (χ3v) is 5.79. The van der Waals surface area contributed by atoms with E-state index < -0.39 is 0 Å². The van der Waals surface area contributed by atoms with Gasteiger partial charge in [0.25, 0.3) is 0 Å². The number of hydrogen-bond acceptors (Lipinski definition) is 4. The van der Waals surface area contributed by atoms with Gasteiger partial charge in [0, 0.05) is 11.6 Å². The van der Waals surface area contributed by atoms with E-state index in [1.165, 1.54) is 18.4 Å². The molecule has 3 aliphatic rings. The third-order valence-electron chi connectivity index (χ3n) is 5.79. The van der Waals surface area contributed by atoms with Gasteiger partial charge in [0.1, 0.15) is 0 Å². The van der Waals surface area contributed by atoms with Crippen LogP contribution in [0.2, 0.25) is 0 Å². The van der Waals surface area contributed by atoms with Crippen LogP contribution in [0.1, 0.15) is 46.1 Å². The molecule has 0 atom stereocenters. The summed E-state index contributed by atoms with van der Waals surface area (Å²) in [5.41, 5.74) is 2.77. The number of likely N-dealkylation sites (tertiary alicyclic amines) is 1. The van der Waals surface area contributed by atoms with Crippen molar-refractivity contribution in [1.82, 2.24) is 4.90 Å². The number of carbonyl (C=O) groups excluding carboxylic acids is 1. The van der Waals surface area contributed by atoms with Crippen LogP contribution in [0.5, 0.6) is 11.5 Å². The number of ether oxygens (including phenoxy) is 2. The number of rotatable bonds is 2. The van der Waals surface area contributed by atoms with Gasteiger partial charge in [-0.25, -0.2) is 0 Å². The van der Waals surface area contributed by atoms with E-state index in [1.807, 2.05) is 17.0 Å². The Balaban J connectivity index is 1.65. The quantitative estimate of drug-likeness (QED) is 0.811. The Bertz CT molecular complexity index is 761. The zero-order chi connectivity index (χ0) is 18.5. The number of nitrogens with zero attached hydrogens (tertiary/aromatic N) is 2. The van der Waals surface area contributed by atoms with Crippen LogP contribution in [0.4, 0.5) is 5.69 Å². The fourth-order valence-electron chi connectivity index (χ4n) is 4.35. The zero-order valence-electron chi connectivity index (χ0n) is 16.2. The molecule has 0 bridgehead atoms. The molecule has 0 N–H and O–H groups in total. The lowest BCUT2D eigenvalue weighted by molar-refractivity contribution is -0.120. The molecule has 3 aliphatic heterocycles. The summed E-state index contributed by atoms with van der Waals surface area (Å²) in [6, 6.07) is 3.97. The van der Waals surface area contributed by atoms with E-state index in [1.54, 1.807) is 0 Å². The smallest absolute Gasteiger partial charge is 0.241 e. The van der Waals surface area contributed by atoms with E-state index in [2.05, 4.69) is 38.7 Å². The molecule has 0 saturated carbocycles. The molecule has 0 aromatic heterocycles. The monoisotopic (exact) mass is 356 g/mol. The molecule has 1 aromatic rings. The van der Waals surface area contributed by atoms with E-state index in [-0.39, 0.29) is 18.2 Å². The molecule has 140 valence electrons. The Morgan fingerprint density at radius 2 is 1.85 bits per heavy atom. The van der Waals surface area contributed by atoms with Gasteiger partial charge in [-0.15, -0.1) is 0 Å². The highest BCUT2D eigenvalue weighted by atomic mass is 16.7. The summed E-state index contributed by atoms with van der Waals surface area (Å²) in [6.07, 6.45) is 4.52. The highest BCUT2D eigenvalue weighted by molar-refractivity contribution is 6.02. The van der Waals surface area contributed by atoms with Crippen molar-refractivity contribution in [3.63, 3.8) is 0 Å². The summed E-state index contributed by atoms with van der Waals surface area (Å²) in [4.78, 5) is 17.5. The van der Waals surface area contributed by atoms with Crippen molar-refractivity contribution in [3.8, 4) is 11.5 Å². The predicted octanol–water partition coefficient (Wildman–Crippen LogP) is 3.68. The normalized spacial score (nSPS) is 22.2. The third kappa shape index (κ3) is 2.98. The average molecular weight is 356 g/mol. The SMILES string of the molecule is CC1=CC(C)(C)N(C(=O)CN2CCC(C)CC2)c2cc3c(cc21)OCO3. The van der Waals surface area contributed by atoms with Crippen molar-refractivity contribution < 1.29 is 14.3 Å². The fraction of sp³-hybridized carbons (Fsp3) is 0.571. The summed E-state index contributed by atoms with van der Waals surface area (Å²) >= 11 is 0. The van der Waals surface area contributed by atoms with Gasteiger partial charge in [-0.2, -0.15) is 0 Å². The lowest BCUT2D eigenvalue weighted by Gasteiger charge is -2.43. The van der Waals surface area contributed by atoms with E-state index in [4.69, 9.17) is 9.47 Å². The second-order valence-electron chi connectivity index (χ2n) is 8.39. The molecule has 0 radical (unpaired) electrons. The lowest BCUT2D eigenvalue weighted by Crippen LogP contribution is -2.53. The van der Waals surface area contributed by atoms with Gasteiger partial charge in [-0.1, -0.05) is 13.0 Å². The van der Waals surface area contributed by atoms with Gasteiger partial charge in [-0.3, -0.25) is 9.69 Å². The van der Waals surface area contributed by atoms with Gasteiger partial charge >= 0.3 is 0 Å². The summed E-state index contributed by atoms with van der Waals surface area (Å²) in [5.74, 6) is 2.39. The largest absolute Gasteiger partial charge is 0.454 e. The van der Waals surface area contributed by atoms with Crippen LogP contribution in [-0.2, 0) is 4.79 Å². The minimum absolute atomic E-state index is 0.147. The minimum Gasteiger partial charge on any atom is -0.454 e. The summed E-state index contributed by atoms with van der Waals surface area (Å²) in [7, 11) is 0. The van der Waals surface area contributed by atoms with Crippen molar-refractivity contribution in [3.05, 3.63) is 23.8 Å². The molecule has 0 spiro atoms. The maximum atomic E-state index is 13.3. The fourth-order valence-corrected chi connectivity index (χ4v) is 4.35. The first-order chi connectivity index (χ1) is 12.3. The number of benzene rings is 1. The number of piperidine rings is 1. The Hall–Kier alpha value is -2.01. The molecule has 4 rings (SSSR count). The van der Waals surface area contributed by atoms with Gasteiger partial charge < -0.3 is 14.4 Å². The molecule has 0 unspecified atom stereocenters. The number of fused-ring (bicyclic) bond motifs is 2. The first-order valence-corrected chi connectivity index (χ1v) is 9.54. The number of hydrogen-bond donors (Lipinski definition) is 0. The second-order valence-corrected chi connectivity index (χ2v) is 8.39. The molecular formula is C21H28N2O3. The maximum Gasteiger partial charge on any atom is 0.241 e. The van der Waals surface area contributed by atoms with Crippen LogP contribution in [0.3, 0.4) is 0 Å². The van der Waals surface area contributed by atoms with Crippen molar-refractivity contribution >= 4 is 17.2 Å². The molecule has 1 fully saturated rings. The summed E-state index contributed by atoms with van der Waals surface area (Å²) in [5, 5.41) is 0. The van der Waals surface area contributed by atoms with Crippen molar-refractivity contribution in [2.45, 2.75) is 46.1 Å². The molecular weight excluding hydrogens is 328 g/mol. The molecule has 1 amide bonds. The number of carbonyl (C=O) groups is 1. The highest BCUT2D eigenvalue weighted by Crippen LogP contribution is 2.46. The number of allylic oxidation sites excluding steroid dienone is 1. The topological polar surface area (TPSA) is 42.0 Å². The Labute approximate surface area is 155 Å². The standard InChI is InChI=1S/C21H28N2O3/c1-14-5-7-22(8-6-14)12-20(24)23-17-10-19-18(25-13-26-19)9-16(17)15(2)11-21(23,3)4/h9-11,14H,5-8,12-13H2,1-4H3. The van der Waals surface area contributed by atoms with Crippen molar-refractivity contribution in [1.29, 1.82) is 0 Å². The zero-order valence-corrected chi connectivity index (χ0v) is 16.2. The Kier molecular flexibility index (Phi) is 4.22. The molecule has 0 aliphatic carbocycles. The van der Waals surface area contributed by atoms with Crippen LogP contribution in [0.15, 0.2) is 18.2 Å². The predicted molar refractivity (Wildman–Crippen MR) is 103 cm³/mol. The molecule has 1 saturated heterocycles. The van der Waals surface area contributed by atoms with Crippen LogP contribution in [0.25, 0.3) is 5.57 Å². The van der Waals surface area contributed by atoms with E-state index in [0.717, 1.165) is 41.8 Å². The van der Waals surface area contributed by atoms with Crippen LogP contribution in [0, 0.1) is 5.92 Å². The van der Waals surface area contributed by atoms with Gasteiger partial charge in [0.15, 0.2) is 11.5 Å². The number of amides is 1. The average Bonchev–Trinajstić information content (AvgIpc) is 3.02. The lowest BCUT2D eigenvalue weighted by atomic mass is 9.88. The van der Waals surface area contributed by atoms with Crippen molar-refractivity contribution in [2.24, 2.45) is 5.92 Å². The molecule has 5 heteroatoms. The molecule has 5 nitrogen and oxygen atoms in total. The second kappa shape index (κ2) is 6.31. The number of anilines is 1. The maximum absolute atomic E-state index is 13.3. The molecule has 1 aromatic carbocycles. The van der Waals surface area contributed by atoms with Gasteiger partial charge in [0.2, 0.25) is 12.7 Å². The highest BCUT2D eigenvalue weighted by Gasteiger charge is 2.37. The molecule has 3 heterocycles. The summed E-state index contributed by atoms with van der Waals surface area (Å²) < 4.78 is 11.1. The van der Waals surface area contributed by atoms with Crippen LogP contribution >= 0.6 is 0 Å². The summed E-state index contributed by atoms with van der Waals surface area (Å²) in [6.45, 7) is 11.3. The van der Waals surface area contributed by atoms with Crippen molar-refractivity contribution in [2.75, 3.05) is 31.3 Å². The Morgan fingerprint density at radius 1 is 1.19 bits per heavy atom. The first-order valence-electron chi connectivity index (χ1n) is 9.54. The first kappa shape index (κ1) is 17.4. The Morgan fingerprint density at radius 3 is 2.54 bits per heavy atom. The van der Waals surface area contributed by atoms with E-state index >= 15 is 0 Å². The van der Waals surface area contributed by atoms with Crippen LogP contribution < -0.4 is 14.4 Å². The van der Waals surface area contributed by atoms with Crippen LogP contribution in [-0.4, -0.2) is 42.8 Å². The van der Waals surface area contributed by atoms with E-state index in [0.29, 0.717) is 6.54 Å². The minimum atomic E-state index is -0.370. The van der Waals surface area contributed by atoms with Gasteiger partial charge in [0.05, 0.1) is 17.8 Å². The van der Waals surface area contributed by atoms with Gasteiger partial charge in [-0.05, 0) is 64.3 Å². The molecule has 26 heavy (non-hydrogen) atoms. The van der Waals surface area contributed by atoms with E-state index in [9.17, 15) is 4.79 Å².